The van der Waals surface area contributed by atoms with Gasteiger partial charge in [0.25, 0.3) is 5.56 Å². The second-order valence-electron chi connectivity index (χ2n) is 5.42. The molecule has 0 aliphatic carbocycles. The first-order valence-corrected chi connectivity index (χ1v) is 7.87. The number of aromatic nitrogens is 1. The smallest absolute Gasteiger partial charge is 0.312 e. The molecule has 2 aromatic heterocycles. The predicted molar refractivity (Wildman–Crippen MR) is 85.7 cm³/mol. The quantitative estimate of drug-likeness (QED) is 0.701. The lowest BCUT2D eigenvalue weighted by molar-refractivity contribution is -0.135. The zero-order valence-corrected chi connectivity index (χ0v) is 12.7. The summed E-state index contributed by atoms with van der Waals surface area (Å²) in [5.74, 6) is -0.116. The van der Waals surface area contributed by atoms with Crippen LogP contribution in [0, 0.1) is 6.92 Å². The number of hydrogen-bond donors (Lipinski definition) is 1. The van der Waals surface area contributed by atoms with Crippen LogP contribution in [0.4, 0.5) is 0 Å². The number of aryl methyl sites for hydroxylation is 1. The third-order valence-electron chi connectivity index (χ3n) is 3.95. The lowest BCUT2D eigenvalue weighted by atomic mass is 9.91. The van der Waals surface area contributed by atoms with Gasteiger partial charge in [-0.15, -0.1) is 11.3 Å². The fraction of sp³-hybridized carbons (Fsp3) is 0.176. The zero-order chi connectivity index (χ0) is 15.3. The van der Waals surface area contributed by atoms with E-state index in [0.717, 1.165) is 15.1 Å². The maximum absolute atomic E-state index is 12.5. The van der Waals surface area contributed by atoms with Crippen LogP contribution in [0.3, 0.4) is 0 Å². The fourth-order valence-corrected chi connectivity index (χ4v) is 3.95. The molecule has 0 radical (unpaired) electrons. The Hall–Kier alpha value is -2.40. The van der Waals surface area contributed by atoms with Crippen molar-refractivity contribution >= 4 is 28.2 Å². The molecule has 1 aliphatic rings. The van der Waals surface area contributed by atoms with Crippen molar-refractivity contribution in [3.8, 4) is 5.75 Å². The van der Waals surface area contributed by atoms with Gasteiger partial charge in [-0.3, -0.25) is 9.59 Å². The highest BCUT2D eigenvalue weighted by molar-refractivity contribution is 7.12. The Morgan fingerprint density at radius 1 is 1.18 bits per heavy atom. The molecule has 110 valence electrons. The summed E-state index contributed by atoms with van der Waals surface area (Å²) in [6.07, 6.45) is 0.203. The number of carbonyl (C=O) groups excluding carboxylic acids is 1. The van der Waals surface area contributed by atoms with Crippen LogP contribution >= 0.6 is 11.3 Å². The van der Waals surface area contributed by atoms with E-state index in [9.17, 15) is 9.59 Å². The van der Waals surface area contributed by atoms with Crippen molar-refractivity contribution < 1.29 is 9.53 Å². The van der Waals surface area contributed by atoms with E-state index in [4.69, 9.17) is 4.74 Å². The van der Waals surface area contributed by atoms with Gasteiger partial charge in [-0.25, -0.2) is 0 Å². The van der Waals surface area contributed by atoms with Crippen LogP contribution in [0.1, 0.15) is 27.7 Å². The van der Waals surface area contributed by atoms with E-state index >= 15 is 0 Å². The number of fused-ring (bicyclic) bond motifs is 3. The number of nitrogens with one attached hydrogen (secondary N) is 1. The van der Waals surface area contributed by atoms with Crippen molar-refractivity contribution in [3.63, 3.8) is 0 Å². The third kappa shape index (κ3) is 1.97. The van der Waals surface area contributed by atoms with Crippen LogP contribution in [0.25, 0.3) is 10.9 Å². The standard InChI is InChI=1S/C17H13NO3S/c1-9-6-7-13(22-9)11-8-14(19)21-16-10-4-2-3-5-12(10)18-17(20)15(11)16/h2-7,11H,8H2,1H3,(H,18,20). The number of benzene rings is 1. The molecule has 0 amide bonds. The average Bonchev–Trinajstić information content (AvgIpc) is 2.93. The largest absolute Gasteiger partial charge is 0.425 e. The van der Waals surface area contributed by atoms with E-state index in [0.29, 0.717) is 16.8 Å². The number of esters is 1. The molecule has 5 heteroatoms. The molecule has 1 aliphatic heterocycles. The molecule has 4 rings (SSSR count). The van der Waals surface area contributed by atoms with Gasteiger partial charge in [-0.2, -0.15) is 0 Å². The molecule has 0 saturated carbocycles. The van der Waals surface area contributed by atoms with Gasteiger partial charge in [0.1, 0.15) is 5.75 Å². The Morgan fingerprint density at radius 3 is 2.77 bits per heavy atom. The summed E-state index contributed by atoms with van der Waals surface area (Å²) in [5, 5.41) is 0.767. The van der Waals surface area contributed by atoms with Gasteiger partial charge in [-0.1, -0.05) is 12.1 Å². The summed E-state index contributed by atoms with van der Waals surface area (Å²) in [7, 11) is 0. The minimum Gasteiger partial charge on any atom is -0.425 e. The van der Waals surface area contributed by atoms with Crippen LogP contribution in [0.15, 0.2) is 41.2 Å². The molecule has 0 fully saturated rings. The van der Waals surface area contributed by atoms with Crippen molar-refractivity contribution in [1.29, 1.82) is 0 Å². The van der Waals surface area contributed by atoms with Gasteiger partial charge in [0.2, 0.25) is 0 Å². The van der Waals surface area contributed by atoms with Crippen LogP contribution in [0.5, 0.6) is 5.75 Å². The molecule has 1 N–H and O–H groups in total. The molecule has 0 spiro atoms. The number of aromatic amines is 1. The van der Waals surface area contributed by atoms with E-state index in [1.807, 2.05) is 43.3 Å². The van der Waals surface area contributed by atoms with E-state index < -0.39 is 0 Å². The first kappa shape index (κ1) is 13.3. The number of hydrogen-bond acceptors (Lipinski definition) is 4. The molecule has 3 heterocycles. The number of H-pyrrole nitrogens is 1. The highest BCUT2D eigenvalue weighted by Crippen LogP contribution is 2.41. The van der Waals surface area contributed by atoms with Crippen LogP contribution in [0.2, 0.25) is 0 Å². The lowest BCUT2D eigenvalue weighted by Gasteiger charge is -2.23. The van der Waals surface area contributed by atoms with Gasteiger partial charge in [-0.05, 0) is 31.2 Å². The van der Waals surface area contributed by atoms with Crippen molar-refractivity contribution in [2.75, 3.05) is 0 Å². The Bertz CT molecular complexity index is 954. The highest BCUT2D eigenvalue weighted by atomic mass is 32.1. The van der Waals surface area contributed by atoms with Gasteiger partial charge >= 0.3 is 5.97 Å². The second-order valence-corrected chi connectivity index (χ2v) is 6.74. The predicted octanol–water partition coefficient (Wildman–Crippen LogP) is 3.34. The normalized spacial score (nSPS) is 17.3. The maximum atomic E-state index is 12.5. The van der Waals surface area contributed by atoms with Gasteiger partial charge in [0.15, 0.2) is 0 Å². The number of rotatable bonds is 1. The molecule has 0 saturated heterocycles. The minimum absolute atomic E-state index is 0.183. The van der Waals surface area contributed by atoms with Gasteiger partial charge in [0.05, 0.1) is 17.5 Å². The fourth-order valence-electron chi connectivity index (χ4n) is 2.96. The summed E-state index contributed by atoms with van der Waals surface area (Å²) in [6.45, 7) is 2.01. The molecule has 4 nitrogen and oxygen atoms in total. The molecular formula is C17H13NO3S. The van der Waals surface area contributed by atoms with Crippen molar-refractivity contribution in [3.05, 3.63) is 62.1 Å². The molecule has 1 atom stereocenters. The zero-order valence-electron chi connectivity index (χ0n) is 11.9. The second kappa shape index (κ2) is 4.81. The summed E-state index contributed by atoms with van der Waals surface area (Å²) in [4.78, 5) is 29.7. The Balaban J connectivity index is 2.03. The molecule has 1 unspecified atom stereocenters. The number of ether oxygens (including phenoxy) is 1. The van der Waals surface area contributed by atoms with E-state index in [1.165, 1.54) is 0 Å². The molecular weight excluding hydrogens is 298 g/mol. The van der Waals surface area contributed by atoms with Crippen LogP contribution < -0.4 is 10.3 Å². The van der Waals surface area contributed by atoms with Gasteiger partial charge in [0, 0.05) is 21.1 Å². The van der Waals surface area contributed by atoms with Crippen LogP contribution in [-0.4, -0.2) is 11.0 Å². The Labute approximate surface area is 130 Å². The SMILES string of the molecule is Cc1ccc(C2CC(=O)Oc3c2c(=O)[nH]c2ccccc32)s1. The number of para-hydroxylation sites is 1. The highest BCUT2D eigenvalue weighted by Gasteiger charge is 2.33. The summed E-state index contributed by atoms with van der Waals surface area (Å²) >= 11 is 1.61. The van der Waals surface area contributed by atoms with E-state index in [1.54, 1.807) is 11.3 Å². The lowest BCUT2D eigenvalue weighted by Crippen LogP contribution is -2.27. The molecule has 0 bridgehead atoms. The molecule has 1 aromatic carbocycles. The Kier molecular flexibility index (Phi) is 2.90. The van der Waals surface area contributed by atoms with Crippen molar-refractivity contribution in [2.24, 2.45) is 0 Å². The average molecular weight is 311 g/mol. The van der Waals surface area contributed by atoms with E-state index in [-0.39, 0.29) is 23.9 Å². The summed E-state index contributed by atoms with van der Waals surface area (Å²) in [6, 6.07) is 11.4. The van der Waals surface area contributed by atoms with Crippen molar-refractivity contribution in [1.82, 2.24) is 4.98 Å². The monoisotopic (exact) mass is 311 g/mol. The maximum Gasteiger partial charge on any atom is 0.312 e. The first-order valence-electron chi connectivity index (χ1n) is 7.05. The minimum atomic E-state index is -0.292. The number of thiophene rings is 1. The summed E-state index contributed by atoms with van der Waals surface area (Å²) in [5.41, 5.74) is 1.06. The molecule has 22 heavy (non-hydrogen) atoms. The first-order chi connectivity index (χ1) is 10.6. The molecule has 3 aromatic rings. The number of pyridine rings is 1. The topological polar surface area (TPSA) is 59.2 Å². The Morgan fingerprint density at radius 2 is 2.00 bits per heavy atom. The van der Waals surface area contributed by atoms with Crippen LogP contribution in [-0.2, 0) is 4.79 Å². The summed E-state index contributed by atoms with van der Waals surface area (Å²) < 4.78 is 5.43. The van der Waals surface area contributed by atoms with E-state index in [2.05, 4.69) is 4.98 Å². The van der Waals surface area contributed by atoms with Gasteiger partial charge < -0.3 is 9.72 Å². The van der Waals surface area contributed by atoms with Crippen molar-refractivity contribution in [2.45, 2.75) is 19.3 Å². The third-order valence-corrected chi connectivity index (χ3v) is 5.06. The number of carbonyl (C=O) groups is 1.